The molecular formula is C17H23N5O3. The Kier molecular flexibility index (Phi) is 4.54. The molecule has 1 amide bonds. The Labute approximate surface area is 145 Å². The minimum Gasteiger partial charge on any atom is -0.467 e. The molecule has 0 radical (unpaired) electrons. The molecule has 3 aliphatic rings. The average molecular weight is 345 g/mol. The molecule has 3 saturated heterocycles. The van der Waals surface area contributed by atoms with Crippen LogP contribution in [0.3, 0.4) is 0 Å². The van der Waals surface area contributed by atoms with Gasteiger partial charge in [0.25, 0.3) is 0 Å². The highest BCUT2D eigenvalue weighted by molar-refractivity contribution is 5.79. The number of hydrogen-bond acceptors (Lipinski definition) is 6. The second-order valence-electron chi connectivity index (χ2n) is 6.93. The predicted molar refractivity (Wildman–Crippen MR) is 88.1 cm³/mol. The largest absolute Gasteiger partial charge is 0.467 e. The van der Waals surface area contributed by atoms with Crippen molar-refractivity contribution in [2.75, 3.05) is 13.1 Å². The highest BCUT2D eigenvalue weighted by Crippen LogP contribution is 2.36. The van der Waals surface area contributed by atoms with Crippen molar-refractivity contribution in [1.82, 2.24) is 25.2 Å². The summed E-state index contributed by atoms with van der Waals surface area (Å²) in [5.74, 6) is 1.35. The van der Waals surface area contributed by atoms with E-state index in [9.17, 15) is 4.79 Å². The van der Waals surface area contributed by atoms with Crippen LogP contribution in [-0.2, 0) is 24.5 Å². The molecule has 134 valence electrons. The number of aromatic nitrogens is 3. The first-order valence-corrected chi connectivity index (χ1v) is 8.77. The van der Waals surface area contributed by atoms with E-state index in [1.165, 1.54) is 0 Å². The Morgan fingerprint density at radius 2 is 2.40 bits per heavy atom. The van der Waals surface area contributed by atoms with Crippen LogP contribution in [0, 0.1) is 11.8 Å². The summed E-state index contributed by atoms with van der Waals surface area (Å²) in [4.78, 5) is 14.9. The van der Waals surface area contributed by atoms with Gasteiger partial charge in [-0.15, -0.1) is 5.10 Å². The number of fused-ring (bicyclic) bond motifs is 3. The topological polar surface area (TPSA) is 96.4 Å². The number of carbonyl (C=O) groups is 1. The Morgan fingerprint density at radius 3 is 3.08 bits per heavy atom. The Hall–Kier alpha value is -2.19. The lowest BCUT2D eigenvalue weighted by Crippen LogP contribution is -2.57. The van der Waals surface area contributed by atoms with Crippen molar-refractivity contribution in [2.45, 2.75) is 38.6 Å². The first-order valence-electron chi connectivity index (χ1n) is 8.77. The van der Waals surface area contributed by atoms with Crippen LogP contribution in [0.25, 0.3) is 0 Å². The lowest BCUT2D eigenvalue weighted by atomic mass is 9.75. The molecule has 2 aromatic rings. The van der Waals surface area contributed by atoms with Gasteiger partial charge in [-0.25, -0.2) is 0 Å². The quantitative estimate of drug-likeness (QED) is 0.786. The Morgan fingerprint density at radius 1 is 1.48 bits per heavy atom. The smallest absolute Gasteiger partial charge is 0.225 e. The first kappa shape index (κ1) is 16.3. The fraction of sp³-hybridized carbons (Fsp3) is 0.588. The number of nitrogens with one attached hydrogen (secondary N) is 1. The van der Waals surface area contributed by atoms with Crippen LogP contribution >= 0.6 is 0 Å². The number of rotatable bonds is 6. The lowest BCUT2D eigenvalue weighted by Gasteiger charge is -2.49. The third-order valence-electron chi connectivity index (χ3n) is 5.38. The zero-order valence-corrected chi connectivity index (χ0v) is 14.0. The van der Waals surface area contributed by atoms with E-state index in [0.29, 0.717) is 24.2 Å². The summed E-state index contributed by atoms with van der Waals surface area (Å²) in [5, 5.41) is 20.1. The van der Waals surface area contributed by atoms with Gasteiger partial charge in [-0.2, -0.15) is 0 Å². The van der Waals surface area contributed by atoms with E-state index in [1.807, 2.05) is 12.1 Å². The third-order valence-corrected chi connectivity index (χ3v) is 5.38. The summed E-state index contributed by atoms with van der Waals surface area (Å²) in [6.45, 7) is 2.93. The van der Waals surface area contributed by atoms with Crippen LogP contribution in [0.5, 0.6) is 0 Å². The molecule has 2 unspecified atom stereocenters. The van der Waals surface area contributed by atoms with E-state index in [4.69, 9.17) is 9.52 Å². The maximum atomic E-state index is 12.6. The number of furan rings is 1. The van der Waals surface area contributed by atoms with Crippen LogP contribution < -0.4 is 5.32 Å². The standard InChI is InChI=1S/C17H23N5O3/c23-11-13-8-22(20-19-13)9-14-6-12-3-4-21(14)10-16(12)17(24)18-7-15-2-1-5-25-15/h1-2,5,8,12,14,16,23H,3-4,6-7,9-11H2,(H,18,24)/t12?,14-,16+/m1/s1. The maximum absolute atomic E-state index is 12.6. The molecule has 0 saturated carbocycles. The molecule has 5 heterocycles. The molecule has 5 rings (SSSR count). The fourth-order valence-corrected chi connectivity index (χ4v) is 4.06. The molecule has 4 atom stereocenters. The van der Waals surface area contributed by atoms with Crippen LogP contribution in [0.4, 0.5) is 0 Å². The first-order chi connectivity index (χ1) is 12.2. The van der Waals surface area contributed by atoms with Crippen LogP contribution in [0.15, 0.2) is 29.0 Å². The van der Waals surface area contributed by atoms with Crippen LogP contribution in [0.2, 0.25) is 0 Å². The second kappa shape index (κ2) is 6.97. The second-order valence-corrected chi connectivity index (χ2v) is 6.93. The number of hydrogen-bond donors (Lipinski definition) is 2. The molecule has 3 aliphatic heterocycles. The number of piperidine rings is 3. The van der Waals surface area contributed by atoms with Crippen LogP contribution in [0.1, 0.15) is 24.3 Å². The number of nitrogens with zero attached hydrogens (tertiary/aromatic N) is 4. The number of aliphatic hydroxyl groups excluding tert-OH is 1. The van der Waals surface area contributed by atoms with Gasteiger partial charge in [0.1, 0.15) is 11.5 Å². The molecule has 25 heavy (non-hydrogen) atoms. The minimum atomic E-state index is -0.0884. The highest BCUT2D eigenvalue weighted by Gasteiger charge is 2.43. The minimum absolute atomic E-state index is 0.0451. The van der Waals surface area contributed by atoms with Gasteiger partial charge in [-0.3, -0.25) is 14.4 Å². The summed E-state index contributed by atoms with van der Waals surface area (Å²) in [6.07, 6.45) is 5.46. The van der Waals surface area contributed by atoms with Crippen molar-refractivity contribution in [3.8, 4) is 0 Å². The van der Waals surface area contributed by atoms with E-state index >= 15 is 0 Å². The zero-order valence-electron chi connectivity index (χ0n) is 14.0. The average Bonchev–Trinajstić information content (AvgIpc) is 3.32. The lowest BCUT2D eigenvalue weighted by molar-refractivity contribution is -0.133. The summed E-state index contributed by atoms with van der Waals surface area (Å²) in [6, 6.07) is 4.07. The number of carbonyl (C=O) groups excluding carboxylic acids is 1. The van der Waals surface area contributed by atoms with E-state index in [-0.39, 0.29) is 18.4 Å². The Bertz CT molecular complexity index is 714. The SMILES string of the molecule is O=C(NCc1ccco1)[C@H]1CN2CCC1C[C@@H]2Cn1cc(CO)nn1. The normalized spacial score (nSPS) is 28.2. The van der Waals surface area contributed by atoms with Gasteiger partial charge in [0, 0.05) is 12.6 Å². The molecule has 2 aromatic heterocycles. The molecule has 2 N–H and O–H groups in total. The molecule has 0 aromatic carbocycles. The zero-order chi connectivity index (χ0) is 17.2. The molecule has 8 heteroatoms. The van der Waals surface area contributed by atoms with Crippen molar-refractivity contribution in [3.63, 3.8) is 0 Å². The van der Waals surface area contributed by atoms with E-state index in [1.54, 1.807) is 17.1 Å². The van der Waals surface area contributed by atoms with Crippen LogP contribution in [-0.4, -0.2) is 50.0 Å². The van der Waals surface area contributed by atoms with Gasteiger partial charge in [0.2, 0.25) is 5.91 Å². The highest BCUT2D eigenvalue weighted by atomic mass is 16.3. The van der Waals surface area contributed by atoms with Crippen molar-refractivity contribution < 1.29 is 14.3 Å². The van der Waals surface area contributed by atoms with Gasteiger partial charge in [0.05, 0.1) is 38.1 Å². The summed E-state index contributed by atoms with van der Waals surface area (Å²) < 4.78 is 7.06. The van der Waals surface area contributed by atoms with Gasteiger partial charge >= 0.3 is 0 Å². The summed E-state index contributed by atoms with van der Waals surface area (Å²) >= 11 is 0. The third kappa shape index (κ3) is 3.45. The van der Waals surface area contributed by atoms with E-state index < -0.39 is 0 Å². The van der Waals surface area contributed by atoms with Crippen molar-refractivity contribution in [3.05, 3.63) is 36.0 Å². The molecular weight excluding hydrogens is 322 g/mol. The maximum Gasteiger partial charge on any atom is 0.225 e. The number of aliphatic hydroxyl groups is 1. The summed E-state index contributed by atoms with van der Waals surface area (Å²) in [7, 11) is 0. The van der Waals surface area contributed by atoms with Crippen molar-refractivity contribution in [1.29, 1.82) is 0 Å². The van der Waals surface area contributed by atoms with Gasteiger partial charge < -0.3 is 14.8 Å². The van der Waals surface area contributed by atoms with E-state index in [2.05, 4.69) is 20.5 Å². The molecule has 2 bridgehead atoms. The van der Waals surface area contributed by atoms with Gasteiger partial charge in [0.15, 0.2) is 0 Å². The van der Waals surface area contributed by atoms with Crippen molar-refractivity contribution >= 4 is 5.91 Å². The van der Waals surface area contributed by atoms with Gasteiger partial charge in [-0.1, -0.05) is 5.21 Å². The molecule has 8 nitrogen and oxygen atoms in total. The van der Waals surface area contributed by atoms with Gasteiger partial charge in [-0.05, 0) is 37.4 Å². The number of amides is 1. The Balaban J connectivity index is 1.34. The molecule has 3 fully saturated rings. The molecule has 0 spiro atoms. The fourth-order valence-electron chi connectivity index (χ4n) is 4.06. The summed E-state index contributed by atoms with van der Waals surface area (Å²) in [5.41, 5.74) is 0.589. The van der Waals surface area contributed by atoms with Crippen molar-refractivity contribution in [2.24, 2.45) is 11.8 Å². The predicted octanol–water partition coefficient (Wildman–Crippen LogP) is 0.390. The molecule has 0 aliphatic carbocycles. The monoisotopic (exact) mass is 345 g/mol. The van der Waals surface area contributed by atoms with E-state index in [0.717, 1.165) is 38.2 Å².